The van der Waals surface area contributed by atoms with Crippen molar-refractivity contribution in [3.05, 3.63) is 86.2 Å². The molecule has 1 aliphatic rings. The van der Waals surface area contributed by atoms with Crippen molar-refractivity contribution < 1.29 is 9.59 Å². The van der Waals surface area contributed by atoms with Crippen LogP contribution in [0, 0.1) is 6.92 Å². The number of rotatable bonds is 5. The van der Waals surface area contributed by atoms with E-state index in [2.05, 4.69) is 44.3 Å². The molecule has 0 spiro atoms. The van der Waals surface area contributed by atoms with Crippen LogP contribution in [0.5, 0.6) is 0 Å². The van der Waals surface area contributed by atoms with Gasteiger partial charge in [-0.25, -0.2) is 0 Å². The van der Waals surface area contributed by atoms with E-state index in [1.54, 1.807) is 12.1 Å². The van der Waals surface area contributed by atoms with Gasteiger partial charge in [-0.3, -0.25) is 14.5 Å². The Morgan fingerprint density at radius 2 is 1.83 bits per heavy atom. The number of anilines is 1. The molecule has 4 nitrogen and oxygen atoms in total. The van der Waals surface area contributed by atoms with E-state index in [0.29, 0.717) is 22.7 Å². The fourth-order valence-corrected chi connectivity index (χ4v) is 4.78. The number of hydrogen-bond donors (Lipinski definition) is 1. The van der Waals surface area contributed by atoms with Crippen molar-refractivity contribution >= 4 is 44.0 Å². The number of hydrogen-bond acceptors (Lipinski definition) is 4. The molecule has 0 aliphatic carbocycles. The molecule has 0 bridgehead atoms. The Morgan fingerprint density at radius 3 is 2.59 bits per heavy atom. The van der Waals surface area contributed by atoms with Crippen molar-refractivity contribution in [1.29, 1.82) is 0 Å². The number of amides is 1. The van der Waals surface area contributed by atoms with Crippen molar-refractivity contribution in [3.63, 3.8) is 0 Å². The van der Waals surface area contributed by atoms with E-state index in [9.17, 15) is 9.59 Å². The van der Waals surface area contributed by atoms with Crippen molar-refractivity contribution in [2.45, 2.75) is 19.9 Å². The minimum Gasteiger partial charge on any atom is -0.316 e. The summed E-state index contributed by atoms with van der Waals surface area (Å²) in [5, 5.41) is 3.60. The van der Waals surface area contributed by atoms with Gasteiger partial charge in [0.25, 0.3) is 0 Å². The Labute approximate surface area is 182 Å². The molecular formula is C23H21BrN2O2S. The lowest BCUT2D eigenvalue weighted by Crippen LogP contribution is -2.37. The fraction of sp³-hybridized carbons (Fsp3) is 0.217. The summed E-state index contributed by atoms with van der Waals surface area (Å²) in [4.78, 5) is 28.8. The predicted octanol–water partition coefficient (Wildman–Crippen LogP) is 5.05. The van der Waals surface area contributed by atoms with Gasteiger partial charge in [0, 0.05) is 28.0 Å². The van der Waals surface area contributed by atoms with Crippen LogP contribution in [0.3, 0.4) is 0 Å². The number of halogens is 1. The van der Waals surface area contributed by atoms with E-state index in [1.807, 2.05) is 31.2 Å². The highest BCUT2D eigenvalue weighted by atomic mass is 79.9. The molecule has 2 aromatic carbocycles. The SMILES string of the molecule is Cc1cc(C(=O)c2ccc(Br)cc2)c(NC(=O)CN2CCc3ccccc3C2)s1. The van der Waals surface area contributed by atoms with Crippen molar-refractivity contribution in [2.24, 2.45) is 0 Å². The molecule has 0 saturated heterocycles. The van der Waals surface area contributed by atoms with E-state index in [0.717, 1.165) is 28.9 Å². The molecule has 148 valence electrons. The molecule has 2 heterocycles. The lowest BCUT2D eigenvalue weighted by atomic mass is 10.00. The summed E-state index contributed by atoms with van der Waals surface area (Å²) in [5.41, 5.74) is 3.80. The van der Waals surface area contributed by atoms with Crippen LogP contribution in [0.1, 0.15) is 31.9 Å². The van der Waals surface area contributed by atoms with Crippen molar-refractivity contribution in [3.8, 4) is 0 Å². The molecule has 3 aromatic rings. The number of carbonyl (C=O) groups excluding carboxylic acids is 2. The van der Waals surface area contributed by atoms with Gasteiger partial charge in [-0.15, -0.1) is 11.3 Å². The molecule has 0 unspecified atom stereocenters. The normalized spacial score (nSPS) is 13.7. The average Bonchev–Trinajstić information content (AvgIpc) is 3.07. The third-order valence-electron chi connectivity index (χ3n) is 5.04. The number of aryl methyl sites for hydroxylation is 1. The number of ketones is 1. The highest BCUT2D eigenvalue weighted by Gasteiger charge is 2.21. The van der Waals surface area contributed by atoms with E-state index >= 15 is 0 Å². The number of thiophene rings is 1. The van der Waals surface area contributed by atoms with Gasteiger partial charge in [-0.05, 0) is 54.8 Å². The third-order valence-corrected chi connectivity index (χ3v) is 6.53. The second kappa shape index (κ2) is 8.61. The standard InChI is InChI=1S/C23H21BrN2O2S/c1-15-12-20(22(28)17-6-8-19(24)9-7-17)23(29-15)25-21(27)14-26-11-10-16-4-2-3-5-18(16)13-26/h2-9,12H,10-11,13-14H2,1H3,(H,25,27). The number of nitrogens with one attached hydrogen (secondary N) is 1. The van der Waals surface area contributed by atoms with Gasteiger partial charge in [0.05, 0.1) is 12.1 Å². The summed E-state index contributed by atoms with van der Waals surface area (Å²) in [6, 6.07) is 17.5. The molecule has 6 heteroatoms. The zero-order chi connectivity index (χ0) is 20.4. The Kier molecular flexibility index (Phi) is 5.94. The van der Waals surface area contributed by atoms with Crippen LogP contribution in [0.15, 0.2) is 59.1 Å². The first kappa shape index (κ1) is 20.0. The number of benzene rings is 2. The zero-order valence-corrected chi connectivity index (χ0v) is 18.5. The second-order valence-electron chi connectivity index (χ2n) is 7.21. The molecule has 1 amide bonds. The van der Waals surface area contributed by atoms with Gasteiger partial charge in [0.2, 0.25) is 5.91 Å². The summed E-state index contributed by atoms with van der Waals surface area (Å²) in [5.74, 6) is -0.167. The zero-order valence-electron chi connectivity index (χ0n) is 16.1. The Morgan fingerprint density at radius 1 is 1.10 bits per heavy atom. The van der Waals surface area contributed by atoms with Crippen LogP contribution in [-0.2, 0) is 17.8 Å². The first-order valence-electron chi connectivity index (χ1n) is 9.49. The highest BCUT2D eigenvalue weighted by Crippen LogP contribution is 2.30. The monoisotopic (exact) mass is 468 g/mol. The molecule has 1 aromatic heterocycles. The first-order chi connectivity index (χ1) is 14.0. The van der Waals surface area contributed by atoms with Crippen LogP contribution in [-0.4, -0.2) is 29.7 Å². The quantitative estimate of drug-likeness (QED) is 0.533. The van der Waals surface area contributed by atoms with Crippen LogP contribution >= 0.6 is 27.3 Å². The average molecular weight is 469 g/mol. The number of nitrogens with zero attached hydrogens (tertiary/aromatic N) is 1. The van der Waals surface area contributed by atoms with Crippen LogP contribution in [0.25, 0.3) is 0 Å². The van der Waals surface area contributed by atoms with E-state index in [1.165, 1.54) is 22.5 Å². The molecule has 1 N–H and O–H groups in total. The molecule has 29 heavy (non-hydrogen) atoms. The Bertz CT molecular complexity index is 1060. The second-order valence-corrected chi connectivity index (χ2v) is 9.39. The molecular weight excluding hydrogens is 448 g/mol. The third kappa shape index (κ3) is 4.66. The predicted molar refractivity (Wildman–Crippen MR) is 121 cm³/mol. The molecule has 0 radical (unpaired) electrons. The summed E-state index contributed by atoms with van der Waals surface area (Å²) in [7, 11) is 0. The molecule has 4 rings (SSSR count). The van der Waals surface area contributed by atoms with Gasteiger partial charge in [-0.2, -0.15) is 0 Å². The van der Waals surface area contributed by atoms with Gasteiger partial charge >= 0.3 is 0 Å². The van der Waals surface area contributed by atoms with Crippen LogP contribution < -0.4 is 5.32 Å². The van der Waals surface area contributed by atoms with E-state index < -0.39 is 0 Å². The lowest BCUT2D eigenvalue weighted by molar-refractivity contribution is -0.117. The van der Waals surface area contributed by atoms with Crippen molar-refractivity contribution in [1.82, 2.24) is 4.90 Å². The molecule has 0 fully saturated rings. The van der Waals surface area contributed by atoms with Gasteiger partial charge in [-0.1, -0.05) is 40.2 Å². The van der Waals surface area contributed by atoms with Gasteiger partial charge in [0.1, 0.15) is 5.00 Å². The summed E-state index contributed by atoms with van der Waals surface area (Å²) < 4.78 is 0.923. The largest absolute Gasteiger partial charge is 0.316 e. The number of fused-ring (bicyclic) bond motifs is 1. The fourth-order valence-electron chi connectivity index (χ4n) is 3.59. The van der Waals surface area contributed by atoms with Crippen molar-refractivity contribution in [2.75, 3.05) is 18.4 Å². The molecule has 0 atom stereocenters. The summed E-state index contributed by atoms with van der Waals surface area (Å²) in [6.45, 7) is 3.90. The Balaban J connectivity index is 1.45. The lowest BCUT2D eigenvalue weighted by Gasteiger charge is -2.28. The van der Waals surface area contributed by atoms with E-state index in [4.69, 9.17) is 0 Å². The van der Waals surface area contributed by atoms with Crippen LogP contribution in [0.2, 0.25) is 0 Å². The first-order valence-corrected chi connectivity index (χ1v) is 11.1. The summed E-state index contributed by atoms with van der Waals surface area (Å²) in [6.07, 6.45) is 0.953. The number of carbonyl (C=O) groups is 2. The van der Waals surface area contributed by atoms with Gasteiger partial charge in [0.15, 0.2) is 5.78 Å². The Hall–Kier alpha value is -2.28. The maximum absolute atomic E-state index is 12.9. The minimum atomic E-state index is -0.0870. The maximum atomic E-state index is 12.9. The smallest absolute Gasteiger partial charge is 0.239 e. The summed E-state index contributed by atoms with van der Waals surface area (Å²) >= 11 is 4.83. The molecule has 0 saturated carbocycles. The topological polar surface area (TPSA) is 49.4 Å². The van der Waals surface area contributed by atoms with E-state index in [-0.39, 0.29) is 11.7 Å². The van der Waals surface area contributed by atoms with Crippen LogP contribution in [0.4, 0.5) is 5.00 Å². The minimum absolute atomic E-state index is 0.0796. The maximum Gasteiger partial charge on any atom is 0.239 e. The van der Waals surface area contributed by atoms with Gasteiger partial charge < -0.3 is 5.32 Å². The molecule has 1 aliphatic heterocycles. The highest BCUT2D eigenvalue weighted by molar-refractivity contribution is 9.10.